The van der Waals surface area contributed by atoms with Crippen molar-refractivity contribution in [2.24, 2.45) is 0 Å². The summed E-state index contributed by atoms with van der Waals surface area (Å²) in [6.07, 6.45) is 0.404. The van der Waals surface area contributed by atoms with Crippen LogP contribution in [0.1, 0.15) is 28.3 Å². The Kier molecular flexibility index (Phi) is 3.76. The number of amides is 1. The molecule has 2 aromatic rings. The molecular weight excluding hydrogens is 262 g/mol. The van der Waals surface area contributed by atoms with Crippen LogP contribution in [0.5, 0.6) is 0 Å². The number of aliphatic hydroxyl groups excluding tert-OH is 1. The van der Waals surface area contributed by atoms with Crippen molar-refractivity contribution in [1.29, 1.82) is 0 Å². The fourth-order valence-corrected chi connectivity index (χ4v) is 2.86. The lowest BCUT2D eigenvalue weighted by Crippen LogP contribution is -2.34. The summed E-state index contributed by atoms with van der Waals surface area (Å²) >= 11 is 0. The molecule has 3 heteroatoms. The molecule has 1 aliphatic carbocycles. The van der Waals surface area contributed by atoms with Gasteiger partial charge in [-0.15, -0.1) is 0 Å². The molecule has 3 nitrogen and oxygen atoms in total. The van der Waals surface area contributed by atoms with Gasteiger partial charge in [0.2, 0.25) is 5.91 Å². The van der Waals surface area contributed by atoms with Gasteiger partial charge in [-0.1, -0.05) is 54.1 Å². The number of carbonyl (C=O) groups excluding carboxylic acids is 1. The first kappa shape index (κ1) is 13.8. The van der Waals surface area contributed by atoms with Gasteiger partial charge in [0, 0.05) is 6.42 Å². The number of nitrogens with one attached hydrogen (secondary N) is 1. The molecule has 2 unspecified atom stereocenters. The van der Waals surface area contributed by atoms with E-state index in [4.69, 9.17) is 0 Å². The fraction of sp³-hybridized carbons (Fsp3) is 0.278. The standard InChI is InChI=1S/C18H19NO2/c1-12-6-8-13(9-7-12)10-17(21)19-18-15-5-3-2-4-14(15)11-16(18)20/h2-9,16,18,20H,10-11H2,1H3,(H,19,21). The predicted octanol–water partition coefficient (Wildman–Crippen LogP) is 2.31. The molecule has 0 spiro atoms. The van der Waals surface area contributed by atoms with Crippen molar-refractivity contribution in [2.75, 3.05) is 0 Å². The third-order valence-electron chi connectivity index (χ3n) is 4.01. The van der Waals surface area contributed by atoms with Crippen molar-refractivity contribution in [3.05, 3.63) is 70.8 Å². The molecule has 0 heterocycles. The Morgan fingerprint density at radius 2 is 1.90 bits per heavy atom. The van der Waals surface area contributed by atoms with E-state index in [1.165, 1.54) is 5.56 Å². The molecule has 2 atom stereocenters. The Hall–Kier alpha value is -2.13. The first-order valence-corrected chi connectivity index (χ1v) is 7.24. The summed E-state index contributed by atoms with van der Waals surface area (Å²) in [6.45, 7) is 2.02. The SMILES string of the molecule is Cc1ccc(CC(=O)NC2c3ccccc3CC2O)cc1. The molecule has 0 saturated heterocycles. The largest absolute Gasteiger partial charge is 0.390 e. The van der Waals surface area contributed by atoms with Gasteiger partial charge < -0.3 is 10.4 Å². The number of aliphatic hydroxyl groups is 1. The molecule has 0 fully saturated rings. The van der Waals surface area contributed by atoms with Crippen LogP contribution in [-0.2, 0) is 17.6 Å². The topological polar surface area (TPSA) is 49.3 Å². The molecule has 1 aliphatic rings. The highest BCUT2D eigenvalue weighted by molar-refractivity contribution is 5.79. The van der Waals surface area contributed by atoms with E-state index in [0.29, 0.717) is 12.8 Å². The molecule has 0 saturated carbocycles. The van der Waals surface area contributed by atoms with Crippen LogP contribution >= 0.6 is 0 Å². The summed E-state index contributed by atoms with van der Waals surface area (Å²) in [5.41, 5.74) is 4.31. The number of fused-ring (bicyclic) bond motifs is 1. The van der Waals surface area contributed by atoms with Gasteiger partial charge in [0.1, 0.15) is 0 Å². The lowest BCUT2D eigenvalue weighted by atomic mass is 10.1. The third kappa shape index (κ3) is 2.98. The zero-order chi connectivity index (χ0) is 14.8. The second-order valence-corrected chi connectivity index (χ2v) is 5.68. The Balaban J connectivity index is 1.69. The summed E-state index contributed by atoms with van der Waals surface area (Å²) in [7, 11) is 0. The number of carbonyl (C=O) groups is 1. The highest BCUT2D eigenvalue weighted by Crippen LogP contribution is 2.31. The van der Waals surface area contributed by atoms with E-state index in [-0.39, 0.29) is 11.9 Å². The number of benzene rings is 2. The number of rotatable bonds is 3. The monoisotopic (exact) mass is 281 g/mol. The summed E-state index contributed by atoms with van der Waals surface area (Å²) in [4.78, 5) is 12.2. The smallest absolute Gasteiger partial charge is 0.224 e. The molecule has 0 aliphatic heterocycles. The molecule has 2 aromatic carbocycles. The van der Waals surface area contributed by atoms with E-state index in [9.17, 15) is 9.90 Å². The molecule has 0 radical (unpaired) electrons. The maximum absolute atomic E-state index is 12.2. The van der Waals surface area contributed by atoms with Crippen molar-refractivity contribution >= 4 is 5.91 Å². The minimum absolute atomic E-state index is 0.0559. The molecular formula is C18H19NO2. The van der Waals surface area contributed by atoms with E-state index in [2.05, 4.69) is 5.32 Å². The van der Waals surface area contributed by atoms with Crippen LogP contribution in [-0.4, -0.2) is 17.1 Å². The van der Waals surface area contributed by atoms with E-state index >= 15 is 0 Å². The molecule has 108 valence electrons. The highest BCUT2D eigenvalue weighted by Gasteiger charge is 2.31. The maximum Gasteiger partial charge on any atom is 0.224 e. The average Bonchev–Trinajstić information content (AvgIpc) is 2.78. The normalized spacial score (nSPS) is 20.1. The van der Waals surface area contributed by atoms with Crippen molar-refractivity contribution in [1.82, 2.24) is 5.32 Å². The minimum atomic E-state index is -0.538. The summed E-state index contributed by atoms with van der Waals surface area (Å²) < 4.78 is 0. The highest BCUT2D eigenvalue weighted by atomic mass is 16.3. The van der Waals surface area contributed by atoms with Gasteiger partial charge in [-0.2, -0.15) is 0 Å². The van der Waals surface area contributed by atoms with Gasteiger partial charge in [0.15, 0.2) is 0 Å². The van der Waals surface area contributed by atoms with Crippen molar-refractivity contribution in [3.8, 4) is 0 Å². The van der Waals surface area contributed by atoms with Gasteiger partial charge in [0.05, 0.1) is 18.6 Å². The van der Waals surface area contributed by atoms with Crippen LogP contribution in [0, 0.1) is 6.92 Å². The van der Waals surface area contributed by atoms with Crippen LogP contribution in [0.4, 0.5) is 0 Å². The summed E-state index contributed by atoms with van der Waals surface area (Å²) in [5.74, 6) is -0.0559. The Morgan fingerprint density at radius 1 is 1.19 bits per heavy atom. The van der Waals surface area contributed by atoms with Crippen molar-refractivity contribution < 1.29 is 9.90 Å². The van der Waals surface area contributed by atoms with E-state index in [0.717, 1.165) is 16.7 Å². The minimum Gasteiger partial charge on any atom is -0.390 e. The summed E-state index contributed by atoms with van der Waals surface area (Å²) in [5, 5.41) is 13.1. The van der Waals surface area contributed by atoms with E-state index < -0.39 is 6.10 Å². The van der Waals surface area contributed by atoms with Crippen LogP contribution < -0.4 is 5.32 Å². The predicted molar refractivity (Wildman–Crippen MR) is 81.9 cm³/mol. The molecule has 2 N–H and O–H groups in total. The molecule has 1 amide bonds. The van der Waals surface area contributed by atoms with Crippen LogP contribution in [0.2, 0.25) is 0 Å². The number of aryl methyl sites for hydroxylation is 1. The number of hydrogen-bond donors (Lipinski definition) is 2. The van der Waals surface area contributed by atoms with E-state index in [1.54, 1.807) is 0 Å². The van der Waals surface area contributed by atoms with Gasteiger partial charge in [-0.25, -0.2) is 0 Å². The molecule has 3 rings (SSSR count). The Bertz CT molecular complexity index is 649. The van der Waals surface area contributed by atoms with Gasteiger partial charge in [-0.05, 0) is 23.6 Å². The van der Waals surface area contributed by atoms with Crippen LogP contribution in [0.25, 0.3) is 0 Å². The zero-order valence-electron chi connectivity index (χ0n) is 12.0. The number of hydrogen-bond acceptors (Lipinski definition) is 2. The third-order valence-corrected chi connectivity index (χ3v) is 4.01. The van der Waals surface area contributed by atoms with Crippen LogP contribution in [0.3, 0.4) is 0 Å². The first-order valence-electron chi connectivity index (χ1n) is 7.24. The molecule has 21 heavy (non-hydrogen) atoms. The molecule has 0 aromatic heterocycles. The van der Waals surface area contributed by atoms with Gasteiger partial charge in [-0.3, -0.25) is 4.79 Å². The maximum atomic E-state index is 12.2. The Morgan fingerprint density at radius 3 is 2.67 bits per heavy atom. The average molecular weight is 281 g/mol. The molecule has 0 bridgehead atoms. The van der Waals surface area contributed by atoms with Crippen LogP contribution in [0.15, 0.2) is 48.5 Å². The lowest BCUT2D eigenvalue weighted by Gasteiger charge is -2.18. The Labute approximate surface area is 124 Å². The zero-order valence-corrected chi connectivity index (χ0v) is 12.0. The first-order chi connectivity index (χ1) is 10.1. The van der Waals surface area contributed by atoms with E-state index in [1.807, 2.05) is 55.5 Å². The quantitative estimate of drug-likeness (QED) is 0.907. The van der Waals surface area contributed by atoms with Crippen molar-refractivity contribution in [2.45, 2.75) is 31.9 Å². The summed E-state index contributed by atoms with van der Waals surface area (Å²) in [6, 6.07) is 15.5. The van der Waals surface area contributed by atoms with Gasteiger partial charge >= 0.3 is 0 Å². The second-order valence-electron chi connectivity index (χ2n) is 5.68. The second kappa shape index (κ2) is 5.70. The van der Waals surface area contributed by atoms with Crippen molar-refractivity contribution in [3.63, 3.8) is 0 Å². The van der Waals surface area contributed by atoms with Gasteiger partial charge in [0.25, 0.3) is 0 Å². The lowest BCUT2D eigenvalue weighted by molar-refractivity contribution is -0.121. The fourth-order valence-electron chi connectivity index (χ4n) is 2.86.